The molecule has 1 aromatic heterocycles. The highest BCUT2D eigenvalue weighted by Crippen LogP contribution is 2.36. The Balaban J connectivity index is 2.12. The first-order chi connectivity index (χ1) is 13.3. The van der Waals surface area contributed by atoms with Crippen molar-refractivity contribution in [2.24, 2.45) is 0 Å². The van der Waals surface area contributed by atoms with Crippen molar-refractivity contribution >= 4 is 51.0 Å². The Bertz CT molecular complexity index is 880. The largest absolute Gasteiger partial charge is 0.465 e. The zero-order valence-corrected chi connectivity index (χ0v) is 16.9. The first-order valence-electron chi connectivity index (χ1n) is 7.86. The minimum absolute atomic E-state index is 0.0415. The third kappa shape index (κ3) is 5.90. The maximum Gasteiger partial charge on any atom is 0.319 e. The van der Waals surface area contributed by atoms with Gasteiger partial charge in [-0.1, -0.05) is 22.9 Å². The highest BCUT2D eigenvalue weighted by molar-refractivity contribution is 7.81. The van der Waals surface area contributed by atoms with Crippen molar-refractivity contribution < 1.29 is 23.2 Å². The lowest BCUT2D eigenvalue weighted by Gasteiger charge is -2.15. The summed E-state index contributed by atoms with van der Waals surface area (Å²) in [6.45, 7) is 2.14. The quantitative estimate of drug-likeness (QED) is 0.182. The maximum atomic E-state index is 11.6. The van der Waals surface area contributed by atoms with Crippen LogP contribution in [0, 0.1) is 10.1 Å². The van der Waals surface area contributed by atoms with Crippen LogP contribution in [-0.4, -0.2) is 56.1 Å². The first-order valence-corrected chi connectivity index (χ1v) is 10.1. The fourth-order valence-corrected chi connectivity index (χ4v) is 3.78. The normalized spacial score (nSPS) is 11.8. The van der Waals surface area contributed by atoms with E-state index in [9.17, 15) is 23.7 Å². The van der Waals surface area contributed by atoms with Gasteiger partial charge in [0.05, 0.1) is 23.6 Å². The maximum absolute atomic E-state index is 11.6. The van der Waals surface area contributed by atoms with Gasteiger partial charge in [-0.3, -0.25) is 19.5 Å². The molecule has 0 bridgehead atoms. The van der Waals surface area contributed by atoms with Crippen LogP contribution in [0.25, 0.3) is 10.6 Å². The van der Waals surface area contributed by atoms with Crippen molar-refractivity contribution in [1.82, 2.24) is 15.5 Å². The zero-order valence-electron chi connectivity index (χ0n) is 14.5. The highest BCUT2D eigenvalue weighted by atomic mass is 35.5. The second-order valence-electron chi connectivity index (χ2n) is 5.12. The smallest absolute Gasteiger partial charge is 0.319 e. The van der Waals surface area contributed by atoms with E-state index in [1.165, 1.54) is 18.2 Å². The lowest BCUT2D eigenvalue weighted by molar-refractivity contribution is -0.384. The molecule has 0 saturated heterocycles. The first kappa shape index (κ1) is 22.1. The van der Waals surface area contributed by atoms with Gasteiger partial charge in [-0.15, -0.1) is 10.2 Å². The van der Waals surface area contributed by atoms with Crippen LogP contribution < -0.4 is 9.62 Å². The molecule has 28 heavy (non-hydrogen) atoms. The molecule has 2 N–H and O–H groups in total. The number of halogens is 1. The number of esters is 1. The summed E-state index contributed by atoms with van der Waals surface area (Å²) < 4.78 is 26.9. The van der Waals surface area contributed by atoms with Gasteiger partial charge in [-0.2, -0.15) is 0 Å². The minimum atomic E-state index is -2.40. The molecule has 152 valence electrons. The lowest BCUT2D eigenvalue weighted by atomic mass is 10.2. The van der Waals surface area contributed by atoms with E-state index in [4.69, 9.17) is 16.3 Å². The SMILES string of the molecule is CCOC(=O)CNCCN(c1nnc(-c2ccc(Cl)cc2[N+](=O)[O-])s1)S(=O)O. The molecule has 0 amide bonds. The molecule has 0 spiro atoms. The molecule has 0 aliphatic heterocycles. The number of carbonyl (C=O) groups excluding carboxylic acids is 1. The molecule has 1 heterocycles. The van der Waals surface area contributed by atoms with E-state index < -0.39 is 22.2 Å². The average molecular weight is 450 g/mol. The Hall–Kier alpha value is -2.19. The average Bonchev–Trinajstić information content (AvgIpc) is 3.10. The van der Waals surface area contributed by atoms with E-state index in [1.54, 1.807) is 6.92 Å². The molecular formula is C14H16ClN5O6S2. The summed E-state index contributed by atoms with van der Waals surface area (Å²) in [4.78, 5) is 21.9. The second kappa shape index (κ2) is 10.4. The molecule has 0 aliphatic carbocycles. The molecule has 0 aliphatic rings. The number of rotatable bonds is 10. The van der Waals surface area contributed by atoms with Gasteiger partial charge < -0.3 is 10.1 Å². The summed E-state index contributed by atoms with van der Waals surface area (Å²) in [7, 11) is 0. The summed E-state index contributed by atoms with van der Waals surface area (Å²) in [5.41, 5.74) is -0.0507. The summed E-state index contributed by atoms with van der Waals surface area (Å²) in [5.74, 6) is -0.438. The van der Waals surface area contributed by atoms with Gasteiger partial charge in [0.25, 0.3) is 17.0 Å². The fourth-order valence-electron chi connectivity index (χ4n) is 2.09. The van der Waals surface area contributed by atoms with Gasteiger partial charge in [0, 0.05) is 24.2 Å². The Morgan fingerprint density at radius 2 is 2.25 bits per heavy atom. The van der Waals surface area contributed by atoms with E-state index >= 15 is 0 Å². The topological polar surface area (TPSA) is 148 Å². The summed E-state index contributed by atoms with van der Waals surface area (Å²) in [6.07, 6.45) is 0. The Morgan fingerprint density at radius 3 is 2.89 bits per heavy atom. The van der Waals surface area contributed by atoms with Gasteiger partial charge >= 0.3 is 5.97 Å². The predicted octanol–water partition coefficient (Wildman–Crippen LogP) is 1.86. The number of aromatic nitrogens is 2. The van der Waals surface area contributed by atoms with Crippen LogP contribution in [0.15, 0.2) is 18.2 Å². The van der Waals surface area contributed by atoms with Crippen molar-refractivity contribution in [3.05, 3.63) is 33.3 Å². The second-order valence-corrected chi connectivity index (χ2v) is 7.42. The Morgan fingerprint density at radius 1 is 1.50 bits per heavy atom. The number of ether oxygens (including phenoxy) is 1. The molecular weight excluding hydrogens is 434 g/mol. The Labute approximate surface area is 171 Å². The van der Waals surface area contributed by atoms with Crippen LogP contribution in [0.4, 0.5) is 10.8 Å². The molecule has 1 aromatic carbocycles. The van der Waals surface area contributed by atoms with E-state index in [0.717, 1.165) is 15.6 Å². The molecule has 1 unspecified atom stereocenters. The van der Waals surface area contributed by atoms with Crippen LogP contribution in [0.2, 0.25) is 5.02 Å². The third-order valence-corrected chi connectivity index (χ3v) is 5.33. The lowest BCUT2D eigenvalue weighted by Crippen LogP contribution is -2.35. The summed E-state index contributed by atoms with van der Waals surface area (Å²) in [6, 6.07) is 4.11. The number of nitrogens with zero attached hydrogens (tertiary/aromatic N) is 4. The summed E-state index contributed by atoms with van der Waals surface area (Å²) in [5, 5.41) is 22.2. The van der Waals surface area contributed by atoms with Crippen molar-refractivity contribution in [1.29, 1.82) is 0 Å². The highest BCUT2D eigenvalue weighted by Gasteiger charge is 2.23. The van der Waals surface area contributed by atoms with Gasteiger partial charge in [0.2, 0.25) is 5.13 Å². The Kier molecular flexibility index (Phi) is 8.19. The van der Waals surface area contributed by atoms with Crippen molar-refractivity contribution in [2.45, 2.75) is 6.92 Å². The number of nitro benzene ring substituents is 1. The van der Waals surface area contributed by atoms with Crippen LogP contribution >= 0.6 is 22.9 Å². The van der Waals surface area contributed by atoms with Crippen LogP contribution in [0.5, 0.6) is 0 Å². The van der Waals surface area contributed by atoms with Gasteiger partial charge in [-0.25, -0.2) is 8.51 Å². The molecule has 1 atom stereocenters. The van der Waals surface area contributed by atoms with Crippen LogP contribution in [0.1, 0.15) is 6.92 Å². The third-order valence-electron chi connectivity index (χ3n) is 3.27. The number of carbonyl (C=O) groups is 1. The number of hydrogen-bond acceptors (Lipinski definition) is 9. The molecule has 0 saturated carbocycles. The van der Waals surface area contributed by atoms with Crippen molar-refractivity contribution in [3.63, 3.8) is 0 Å². The monoisotopic (exact) mass is 449 g/mol. The standard InChI is InChI=1S/C14H16ClN5O6S2/c1-2-26-12(21)8-16-5-6-19(28(24)25)14-18-17-13(27-14)10-4-3-9(15)7-11(10)20(22)23/h3-4,7,16H,2,5-6,8H2,1H3,(H,24,25). The van der Waals surface area contributed by atoms with Crippen LogP contribution in [0.3, 0.4) is 0 Å². The predicted molar refractivity (Wildman–Crippen MR) is 105 cm³/mol. The van der Waals surface area contributed by atoms with Crippen LogP contribution in [-0.2, 0) is 20.8 Å². The molecule has 2 rings (SSSR count). The van der Waals surface area contributed by atoms with E-state index in [2.05, 4.69) is 15.5 Å². The molecule has 0 fully saturated rings. The van der Waals surface area contributed by atoms with Gasteiger partial charge in [0.1, 0.15) is 0 Å². The number of anilines is 1. The number of benzene rings is 1. The number of nitro groups is 1. The number of nitrogens with one attached hydrogen (secondary N) is 1. The zero-order chi connectivity index (χ0) is 20.7. The van der Waals surface area contributed by atoms with E-state index in [-0.39, 0.29) is 52.7 Å². The van der Waals surface area contributed by atoms with Crippen molar-refractivity contribution in [2.75, 3.05) is 30.5 Å². The van der Waals surface area contributed by atoms with Gasteiger partial charge in [0.15, 0.2) is 5.01 Å². The molecule has 11 nitrogen and oxygen atoms in total. The molecule has 14 heteroatoms. The van der Waals surface area contributed by atoms with Gasteiger partial charge in [-0.05, 0) is 19.1 Å². The minimum Gasteiger partial charge on any atom is -0.465 e. The van der Waals surface area contributed by atoms with E-state index in [1.807, 2.05) is 0 Å². The van der Waals surface area contributed by atoms with E-state index in [0.29, 0.717) is 0 Å². The summed E-state index contributed by atoms with van der Waals surface area (Å²) >= 11 is 4.31. The number of hydrogen-bond donors (Lipinski definition) is 2. The fraction of sp³-hybridized carbons (Fsp3) is 0.357. The molecule has 2 aromatic rings. The molecule has 0 radical (unpaired) electrons. The van der Waals surface area contributed by atoms with Crippen molar-refractivity contribution in [3.8, 4) is 10.6 Å².